The van der Waals surface area contributed by atoms with Crippen molar-refractivity contribution < 1.29 is 28.2 Å². The number of halogens is 1. The first kappa shape index (κ1) is 26.5. The SMILES string of the molecule is COc1ccccc1OCCNC(=O)c1c(C)n(C)c2ccc(OCC(=O)NCc3ccc(F)cc3)cc12. The molecule has 4 rings (SSSR count). The third-order valence-electron chi connectivity index (χ3n) is 6.18. The Hall–Kier alpha value is -4.53. The zero-order valence-corrected chi connectivity index (χ0v) is 21.5. The Labute approximate surface area is 220 Å². The lowest BCUT2D eigenvalue weighted by molar-refractivity contribution is -0.123. The Bertz CT molecular complexity index is 1430. The van der Waals surface area contributed by atoms with Crippen molar-refractivity contribution in [3.63, 3.8) is 0 Å². The number of hydrogen-bond donors (Lipinski definition) is 2. The summed E-state index contributed by atoms with van der Waals surface area (Å²) in [5.41, 5.74) is 2.99. The number of nitrogens with one attached hydrogen (secondary N) is 2. The summed E-state index contributed by atoms with van der Waals surface area (Å²) in [4.78, 5) is 25.4. The van der Waals surface area contributed by atoms with Gasteiger partial charge >= 0.3 is 0 Å². The molecule has 9 heteroatoms. The molecule has 0 bridgehead atoms. The van der Waals surface area contributed by atoms with Gasteiger partial charge in [-0.05, 0) is 55.0 Å². The Morgan fingerprint density at radius 3 is 2.42 bits per heavy atom. The Morgan fingerprint density at radius 2 is 1.68 bits per heavy atom. The highest BCUT2D eigenvalue weighted by molar-refractivity contribution is 6.08. The summed E-state index contributed by atoms with van der Waals surface area (Å²) in [6.45, 7) is 2.53. The Morgan fingerprint density at radius 1 is 0.947 bits per heavy atom. The Balaban J connectivity index is 1.36. The van der Waals surface area contributed by atoms with E-state index in [1.165, 1.54) is 12.1 Å². The van der Waals surface area contributed by atoms with E-state index in [2.05, 4.69) is 10.6 Å². The molecule has 0 saturated heterocycles. The van der Waals surface area contributed by atoms with Crippen LogP contribution in [0.1, 0.15) is 21.6 Å². The highest BCUT2D eigenvalue weighted by Gasteiger charge is 2.19. The third kappa shape index (κ3) is 6.23. The molecule has 198 valence electrons. The van der Waals surface area contributed by atoms with E-state index in [4.69, 9.17) is 14.2 Å². The number of para-hydroxylation sites is 2. The van der Waals surface area contributed by atoms with Crippen LogP contribution in [0.5, 0.6) is 17.2 Å². The number of amides is 2. The van der Waals surface area contributed by atoms with Crippen LogP contribution < -0.4 is 24.8 Å². The lowest BCUT2D eigenvalue weighted by atomic mass is 10.1. The van der Waals surface area contributed by atoms with Crippen LogP contribution in [0, 0.1) is 12.7 Å². The van der Waals surface area contributed by atoms with Crippen molar-refractivity contribution in [3.05, 3.63) is 89.4 Å². The van der Waals surface area contributed by atoms with Gasteiger partial charge in [0.05, 0.1) is 19.2 Å². The second kappa shape index (κ2) is 12.1. The fourth-order valence-corrected chi connectivity index (χ4v) is 4.08. The summed E-state index contributed by atoms with van der Waals surface area (Å²) < 4.78 is 31.7. The molecule has 0 aliphatic rings. The molecule has 0 aliphatic carbocycles. The average molecular weight is 520 g/mol. The number of methoxy groups -OCH3 is 1. The summed E-state index contributed by atoms with van der Waals surface area (Å²) in [7, 11) is 3.47. The van der Waals surface area contributed by atoms with Crippen molar-refractivity contribution >= 4 is 22.7 Å². The van der Waals surface area contributed by atoms with Crippen LogP contribution >= 0.6 is 0 Å². The van der Waals surface area contributed by atoms with Crippen LogP contribution in [0.3, 0.4) is 0 Å². The number of rotatable bonds is 11. The van der Waals surface area contributed by atoms with Gasteiger partial charge < -0.3 is 29.4 Å². The van der Waals surface area contributed by atoms with Gasteiger partial charge in [0.2, 0.25) is 0 Å². The first-order valence-corrected chi connectivity index (χ1v) is 12.1. The van der Waals surface area contributed by atoms with Crippen molar-refractivity contribution in [1.82, 2.24) is 15.2 Å². The van der Waals surface area contributed by atoms with Gasteiger partial charge in [0.15, 0.2) is 18.1 Å². The fraction of sp³-hybridized carbons (Fsp3) is 0.241. The van der Waals surface area contributed by atoms with E-state index < -0.39 is 0 Å². The van der Waals surface area contributed by atoms with Crippen LogP contribution in [0.2, 0.25) is 0 Å². The minimum absolute atomic E-state index is 0.194. The summed E-state index contributed by atoms with van der Waals surface area (Å²) in [6, 6.07) is 18.6. The fourth-order valence-electron chi connectivity index (χ4n) is 4.08. The quantitative estimate of drug-likeness (QED) is 0.291. The zero-order valence-electron chi connectivity index (χ0n) is 21.5. The number of fused-ring (bicyclic) bond motifs is 1. The normalized spacial score (nSPS) is 10.7. The van der Waals surface area contributed by atoms with Crippen LogP contribution in [0.25, 0.3) is 10.9 Å². The molecule has 0 spiro atoms. The number of ether oxygens (including phenoxy) is 3. The molecule has 0 radical (unpaired) electrons. The number of carbonyl (C=O) groups excluding carboxylic acids is 2. The minimum atomic E-state index is -0.329. The smallest absolute Gasteiger partial charge is 0.258 e. The molecule has 0 atom stereocenters. The van der Waals surface area contributed by atoms with Crippen LogP contribution in [0.15, 0.2) is 66.7 Å². The first-order chi connectivity index (χ1) is 18.4. The molecule has 4 aromatic rings. The van der Waals surface area contributed by atoms with Crippen molar-refractivity contribution in [2.24, 2.45) is 7.05 Å². The van der Waals surface area contributed by atoms with E-state index in [0.29, 0.717) is 29.4 Å². The second-order valence-corrected chi connectivity index (χ2v) is 8.65. The largest absolute Gasteiger partial charge is 0.493 e. The van der Waals surface area contributed by atoms with Crippen molar-refractivity contribution in [2.75, 3.05) is 26.9 Å². The van der Waals surface area contributed by atoms with E-state index in [1.54, 1.807) is 37.4 Å². The van der Waals surface area contributed by atoms with Gasteiger partial charge in [-0.2, -0.15) is 0 Å². The van der Waals surface area contributed by atoms with E-state index in [0.717, 1.165) is 22.2 Å². The predicted octanol–water partition coefficient (Wildman–Crippen LogP) is 4.14. The number of hydrogen-bond acceptors (Lipinski definition) is 5. The maximum Gasteiger partial charge on any atom is 0.258 e. The highest BCUT2D eigenvalue weighted by atomic mass is 19.1. The number of aryl methyl sites for hydroxylation is 1. The number of carbonyl (C=O) groups is 2. The molecule has 2 amide bonds. The van der Waals surface area contributed by atoms with Gasteiger partial charge in [-0.25, -0.2) is 4.39 Å². The van der Waals surface area contributed by atoms with Crippen molar-refractivity contribution in [3.8, 4) is 17.2 Å². The summed E-state index contributed by atoms with van der Waals surface area (Å²) in [5.74, 6) is 0.824. The minimum Gasteiger partial charge on any atom is -0.493 e. The van der Waals surface area contributed by atoms with E-state index in [-0.39, 0.29) is 37.4 Å². The number of aromatic nitrogens is 1. The van der Waals surface area contributed by atoms with Crippen molar-refractivity contribution in [2.45, 2.75) is 13.5 Å². The molecule has 0 saturated carbocycles. The number of benzene rings is 3. The monoisotopic (exact) mass is 519 g/mol. The molecular weight excluding hydrogens is 489 g/mol. The molecular formula is C29H30FN3O5. The summed E-state index contributed by atoms with van der Waals surface area (Å²) in [5, 5.41) is 6.37. The third-order valence-corrected chi connectivity index (χ3v) is 6.18. The average Bonchev–Trinajstić information content (AvgIpc) is 3.18. The lowest BCUT2D eigenvalue weighted by Crippen LogP contribution is -2.28. The van der Waals surface area contributed by atoms with E-state index >= 15 is 0 Å². The number of nitrogens with zero attached hydrogens (tertiary/aromatic N) is 1. The van der Waals surface area contributed by atoms with Crippen LogP contribution in [0.4, 0.5) is 4.39 Å². The molecule has 0 fully saturated rings. The standard InChI is InChI=1S/C29H30FN3O5/c1-19-28(29(35)31-14-15-37-26-7-5-4-6-25(26)36-3)23-16-22(12-13-24(23)33(19)2)38-18-27(34)32-17-20-8-10-21(30)11-9-20/h4-13,16H,14-15,17-18H2,1-3H3,(H,31,35)(H,32,34). The first-order valence-electron chi connectivity index (χ1n) is 12.1. The van der Waals surface area contributed by atoms with Gasteiger partial charge in [0, 0.05) is 30.2 Å². The molecule has 8 nitrogen and oxygen atoms in total. The molecule has 1 heterocycles. The van der Waals surface area contributed by atoms with Gasteiger partial charge in [0.25, 0.3) is 11.8 Å². The van der Waals surface area contributed by atoms with Gasteiger partial charge in [-0.15, -0.1) is 0 Å². The van der Waals surface area contributed by atoms with Crippen LogP contribution in [-0.4, -0.2) is 43.2 Å². The van der Waals surface area contributed by atoms with Gasteiger partial charge in [0.1, 0.15) is 18.2 Å². The summed E-state index contributed by atoms with van der Waals surface area (Å²) in [6.07, 6.45) is 0. The summed E-state index contributed by atoms with van der Waals surface area (Å²) >= 11 is 0. The molecule has 3 aromatic carbocycles. The Kier molecular flexibility index (Phi) is 8.47. The van der Waals surface area contributed by atoms with Gasteiger partial charge in [-0.3, -0.25) is 9.59 Å². The molecule has 0 aliphatic heterocycles. The van der Waals surface area contributed by atoms with E-state index in [1.807, 2.05) is 42.8 Å². The predicted molar refractivity (Wildman–Crippen MR) is 142 cm³/mol. The lowest BCUT2D eigenvalue weighted by Gasteiger charge is -2.11. The van der Waals surface area contributed by atoms with Gasteiger partial charge in [-0.1, -0.05) is 24.3 Å². The molecule has 1 aromatic heterocycles. The van der Waals surface area contributed by atoms with Crippen molar-refractivity contribution in [1.29, 1.82) is 0 Å². The highest BCUT2D eigenvalue weighted by Crippen LogP contribution is 2.29. The zero-order chi connectivity index (χ0) is 27.1. The maximum atomic E-state index is 13.1. The topological polar surface area (TPSA) is 90.8 Å². The van der Waals surface area contributed by atoms with Crippen LogP contribution in [-0.2, 0) is 18.4 Å². The maximum absolute atomic E-state index is 13.1. The van der Waals surface area contributed by atoms with E-state index in [9.17, 15) is 14.0 Å². The molecule has 0 unspecified atom stereocenters. The molecule has 2 N–H and O–H groups in total. The molecule has 38 heavy (non-hydrogen) atoms. The second-order valence-electron chi connectivity index (χ2n) is 8.65.